The lowest BCUT2D eigenvalue weighted by Gasteiger charge is -2.02. The fraction of sp³-hybridized carbons (Fsp3) is 0.154. The molecule has 0 bridgehead atoms. The number of halogens is 1. The van der Waals surface area contributed by atoms with Gasteiger partial charge in [-0.25, -0.2) is 0 Å². The predicted octanol–water partition coefficient (Wildman–Crippen LogP) is 6.74. The molecule has 4 aromatic rings. The zero-order valence-corrected chi connectivity index (χ0v) is 20.7. The van der Waals surface area contributed by atoms with Gasteiger partial charge in [0.15, 0.2) is 11.6 Å². The fourth-order valence-corrected chi connectivity index (χ4v) is 5.37. The molecule has 1 aromatic carbocycles. The number of aromatic hydroxyl groups is 1. The smallest absolute Gasteiger partial charge is 0.194 e. The summed E-state index contributed by atoms with van der Waals surface area (Å²) in [5.41, 5.74) is 3.04. The molecule has 0 saturated carbocycles. The summed E-state index contributed by atoms with van der Waals surface area (Å²) >= 11 is 8.55. The number of ketones is 2. The zero-order chi connectivity index (χ0) is 24.1. The van der Waals surface area contributed by atoms with E-state index in [1.807, 2.05) is 29.6 Å². The van der Waals surface area contributed by atoms with Gasteiger partial charge in [0.05, 0.1) is 14.6 Å². The molecule has 0 aliphatic rings. The highest BCUT2D eigenvalue weighted by molar-refractivity contribution is 7.16. The molecular formula is C26H21ClN2O3S2. The summed E-state index contributed by atoms with van der Waals surface area (Å²) in [6, 6.07) is 14.4. The largest absolute Gasteiger partial charge is 0.506 e. The Kier molecular flexibility index (Phi) is 7.67. The SMILES string of the molecule is CC(=NCC(=O)c1ccc(C(=O)CCc2cccnc2)s1)c1csc(-c2ccc(Cl)cc2)c1O. The van der Waals surface area contributed by atoms with Crippen molar-refractivity contribution in [3.8, 4) is 16.2 Å². The third kappa shape index (κ3) is 5.67. The Morgan fingerprint density at radius 2 is 1.79 bits per heavy atom. The van der Waals surface area contributed by atoms with Gasteiger partial charge >= 0.3 is 0 Å². The molecule has 0 aliphatic heterocycles. The number of Topliss-reactive ketones (excluding diaryl/α,β-unsaturated/α-hetero) is 2. The maximum Gasteiger partial charge on any atom is 0.194 e. The molecule has 8 heteroatoms. The topological polar surface area (TPSA) is 79.6 Å². The Balaban J connectivity index is 1.39. The molecular weight excluding hydrogens is 488 g/mol. The van der Waals surface area contributed by atoms with Gasteiger partial charge in [0.1, 0.15) is 12.3 Å². The van der Waals surface area contributed by atoms with Crippen molar-refractivity contribution in [2.45, 2.75) is 19.8 Å². The van der Waals surface area contributed by atoms with Crippen LogP contribution in [0, 0.1) is 0 Å². The number of nitrogens with zero attached hydrogens (tertiary/aromatic N) is 2. The van der Waals surface area contributed by atoms with Crippen molar-refractivity contribution < 1.29 is 14.7 Å². The van der Waals surface area contributed by atoms with Crippen LogP contribution in [0.15, 0.2) is 71.3 Å². The van der Waals surface area contributed by atoms with Crippen molar-refractivity contribution in [1.82, 2.24) is 4.98 Å². The van der Waals surface area contributed by atoms with Gasteiger partial charge in [-0.05, 0) is 54.8 Å². The summed E-state index contributed by atoms with van der Waals surface area (Å²) in [5.74, 6) is -0.0209. The minimum atomic E-state index is -0.164. The van der Waals surface area contributed by atoms with Crippen LogP contribution in [-0.4, -0.2) is 33.9 Å². The molecule has 0 atom stereocenters. The minimum Gasteiger partial charge on any atom is -0.506 e. The Hall–Kier alpha value is -3.13. The molecule has 34 heavy (non-hydrogen) atoms. The fourth-order valence-electron chi connectivity index (χ4n) is 3.33. The van der Waals surface area contributed by atoms with Gasteiger partial charge in [0.25, 0.3) is 0 Å². The average molecular weight is 509 g/mol. The van der Waals surface area contributed by atoms with Crippen LogP contribution in [0.4, 0.5) is 0 Å². The number of carbonyl (C=O) groups excluding carboxylic acids is 2. The van der Waals surface area contributed by atoms with Crippen molar-refractivity contribution in [1.29, 1.82) is 0 Å². The first kappa shape index (κ1) is 24.0. The number of benzene rings is 1. The van der Waals surface area contributed by atoms with E-state index in [0.29, 0.717) is 38.9 Å². The molecule has 3 heterocycles. The van der Waals surface area contributed by atoms with Gasteiger partial charge in [-0.3, -0.25) is 19.6 Å². The number of pyridine rings is 1. The lowest BCUT2D eigenvalue weighted by Crippen LogP contribution is -2.04. The minimum absolute atomic E-state index is 0.00510. The Morgan fingerprint density at radius 1 is 1.06 bits per heavy atom. The Bertz CT molecular complexity index is 1340. The number of carbonyl (C=O) groups is 2. The van der Waals surface area contributed by atoms with Crippen molar-refractivity contribution in [3.63, 3.8) is 0 Å². The number of aliphatic imine (C=N–C) groups is 1. The monoisotopic (exact) mass is 508 g/mol. The summed E-state index contributed by atoms with van der Waals surface area (Å²) in [6.07, 6.45) is 4.43. The van der Waals surface area contributed by atoms with Crippen LogP contribution in [-0.2, 0) is 6.42 Å². The van der Waals surface area contributed by atoms with Crippen LogP contribution in [0.2, 0.25) is 5.02 Å². The number of hydrogen-bond donors (Lipinski definition) is 1. The van der Waals surface area contributed by atoms with Crippen molar-refractivity contribution in [3.05, 3.63) is 92.2 Å². The van der Waals surface area contributed by atoms with Crippen LogP contribution in [0.5, 0.6) is 5.75 Å². The summed E-state index contributed by atoms with van der Waals surface area (Å²) in [7, 11) is 0. The van der Waals surface area contributed by atoms with E-state index in [1.54, 1.807) is 43.6 Å². The van der Waals surface area contributed by atoms with Gasteiger partial charge in [0.2, 0.25) is 0 Å². The molecule has 0 unspecified atom stereocenters. The van der Waals surface area contributed by atoms with E-state index < -0.39 is 0 Å². The predicted molar refractivity (Wildman–Crippen MR) is 139 cm³/mol. The van der Waals surface area contributed by atoms with Gasteiger partial charge in [0, 0.05) is 40.5 Å². The van der Waals surface area contributed by atoms with E-state index in [4.69, 9.17) is 11.6 Å². The third-order valence-corrected chi connectivity index (χ3v) is 7.68. The molecule has 0 fully saturated rings. The first-order chi connectivity index (χ1) is 16.4. The molecule has 172 valence electrons. The summed E-state index contributed by atoms with van der Waals surface area (Å²) in [6.45, 7) is 1.71. The first-order valence-electron chi connectivity index (χ1n) is 10.6. The molecule has 1 N–H and O–H groups in total. The van der Waals surface area contributed by atoms with Crippen molar-refractivity contribution in [2.24, 2.45) is 4.99 Å². The van der Waals surface area contributed by atoms with E-state index in [1.165, 1.54) is 22.7 Å². The lowest BCUT2D eigenvalue weighted by atomic mass is 10.1. The van der Waals surface area contributed by atoms with E-state index in [-0.39, 0.29) is 23.9 Å². The summed E-state index contributed by atoms with van der Waals surface area (Å²) in [5, 5.41) is 13.1. The van der Waals surface area contributed by atoms with Crippen LogP contribution in [0.3, 0.4) is 0 Å². The Morgan fingerprint density at radius 3 is 2.50 bits per heavy atom. The van der Waals surface area contributed by atoms with Crippen molar-refractivity contribution in [2.75, 3.05) is 6.54 Å². The highest BCUT2D eigenvalue weighted by Gasteiger charge is 2.17. The molecule has 3 aromatic heterocycles. The Labute approximate surface area is 210 Å². The molecule has 0 amide bonds. The van der Waals surface area contributed by atoms with E-state index in [0.717, 1.165) is 16.0 Å². The van der Waals surface area contributed by atoms with Gasteiger partial charge < -0.3 is 5.11 Å². The number of hydrogen-bond acceptors (Lipinski definition) is 7. The van der Waals surface area contributed by atoms with Crippen molar-refractivity contribution >= 4 is 51.6 Å². The number of rotatable bonds is 9. The van der Waals surface area contributed by atoms with E-state index in [9.17, 15) is 14.7 Å². The highest BCUT2D eigenvalue weighted by Crippen LogP contribution is 2.39. The summed E-state index contributed by atoms with van der Waals surface area (Å²) < 4.78 is 0. The van der Waals surface area contributed by atoms with Gasteiger partial charge in [-0.15, -0.1) is 22.7 Å². The average Bonchev–Trinajstić information content (AvgIpc) is 3.49. The molecule has 0 spiro atoms. The normalized spacial score (nSPS) is 11.5. The first-order valence-corrected chi connectivity index (χ1v) is 12.6. The third-order valence-electron chi connectivity index (χ3n) is 5.24. The summed E-state index contributed by atoms with van der Waals surface area (Å²) in [4.78, 5) is 35.4. The highest BCUT2D eigenvalue weighted by atomic mass is 35.5. The van der Waals surface area contributed by atoms with E-state index in [2.05, 4.69) is 9.98 Å². The number of aryl methyl sites for hydroxylation is 1. The van der Waals surface area contributed by atoms with Crippen LogP contribution in [0.25, 0.3) is 10.4 Å². The zero-order valence-electron chi connectivity index (χ0n) is 18.3. The molecule has 0 saturated heterocycles. The molecule has 0 radical (unpaired) electrons. The van der Waals surface area contributed by atoms with Gasteiger partial charge in [-0.1, -0.05) is 29.8 Å². The van der Waals surface area contributed by atoms with Crippen LogP contribution >= 0.6 is 34.3 Å². The second-order valence-electron chi connectivity index (χ2n) is 7.61. The maximum atomic E-state index is 12.7. The second-order valence-corrected chi connectivity index (χ2v) is 10.0. The van der Waals surface area contributed by atoms with E-state index >= 15 is 0 Å². The quantitative estimate of drug-likeness (QED) is 0.200. The molecule has 5 nitrogen and oxygen atoms in total. The standard InChI is InChI=1S/C26H21ClN2O3S2/c1-16(20-15-33-26(25(20)32)18-5-7-19(27)8-6-18)29-14-22(31)24-11-10-23(34-24)21(30)9-4-17-3-2-12-28-13-17/h2-3,5-8,10-13,15,32H,4,9,14H2,1H3. The van der Waals surface area contributed by atoms with Crippen LogP contribution < -0.4 is 0 Å². The molecule has 0 aliphatic carbocycles. The van der Waals surface area contributed by atoms with Crippen LogP contribution in [0.1, 0.15) is 43.8 Å². The van der Waals surface area contributed by atoms with Gasteiger partial charge in [-0.2, -0.15) is 0 Å². The maximum absolute atomic E-state index is 12.7. The number of aromatic nitrogens is 1. The lowest BCUT2D eigenvalue weighted by molar-refractivity contribution is 0.0984. The molecule has 4 rings (SSSR count). The second kappa shape index (κ2) is 10.9. The number of thiophene rings is 2.